The predicted octanol–water partition coefficient (Wildman–Crippen LogP) is 2.16. The number of hydrogen-bond acceptors (Lipinski definition) is 2. The molecule has 0 radical (unpaired) electrons. The number of rotatable bonds is 5. The molecule has 0 spiro atoms. The number of hydrogen-bond donors (Lipinski definition) is 1. The second kappa shape index (κ2) is 6.56. The summed E-state index contributed by atoms with van der Waals surface area (Å²) in [5.41, 5.74) is 5.27. The maximum absolute atomic E-state index is 13.1. The van der Waals surface area contributed by atoms with E-state index in [1.54, 1.807) is 6.92 Å². The first-order valence-electron chi connectivity index (χ1n) is 6.04. The molecule has 1 amide bonds. The van der Waals surface area contributed by atoms with Crippen molar-refractivity contribution in [1.29, 1.82) is 0 Å². The van der Waals surface area contributed by atoms with Gasteiger partial charge in [-0.15, -0.1) is 0 Å². The van der Waals surface area contributed by atoms with Crippen LogP contribution in [0.4, 0.5) is 13.2 Å². The Labute approximate surface area is 110 Å². The molecule has 0 saturated carbocycles. The van der Waals surface area contributed by atoms with E-state index in [9.17, 15) is 18.0 Å². The Hall–Kier alpha value is -1.56. The first-order chi connectivity index (χ1) is 8.90. The largest absolute Gasteiger partial charge is 0.339 e. The van der Waals surface area contributed by atoms with Gasteiger partial charge in [0.1, 0.15) is 0 Å². The quantitative estimate of drug-likeness (QED) is 0.836. The highest BCUT2D eigenvalue weighted by molar-refractivity contribution is 5.94. The minimum absolute atomic E-state index is 0.0686. The lowest BCUT2D eigenvalue weighted by atomic mass is 10.1. The Bertz CT molecular complexity index is 442. The van der Waals surface area contributed by atoms with E-state index in [0.717, 1.165) is 0 Å². The molecule has 0 bridgehead atoms. The van der Waals surface area contributed by atoms with Gasteiger partial charge in [0, 0.05) is 18.7 Å². The van der Waals surface area contributed by atoms with Crippen molar-refractivity contribution in [2.75, 3.05) is 19.6 Å². The number of nitrogens with two attached hydrogens (primary N) is 1. The molecule has 1 aromatic rings. The van der Waals surface area contributed by atoms with E-state index < -0.39 is 23.4 Å². The number of benzene rings is 1. The number of halogens is 3. The molecule has 0 heterocycles. The monoisotopic (exact) mass is 274 g/mol. The standard InChI is InChI=1S/C13H17F3N2O/c1-3-18(7-8(2)6-17)13(19)9-4-10(14)12(16)11(15)5-9/h4-5,8H,3,6-7,17H2,1-2H3. The fourth-order valence-electron chi connectivity index (χ4n) is 1.67. The van der Waals surface area contributed by atoms with Crippen LogP contribution >= 0.6 is 0 Å². The number of carbonyl (C=O) groups is 1. The molecule has 2 N–H and O–H groups in total. The molecule has 0 aliphatic heterocycles. The third-order valence-corrected chi connectivity index (χ3v) is 2.83. The summed E-state index contributed by atoms with van der Waals surface area (Å²) in [7, 11) is 0. The Morgan fingerprint density at radius 2 is 1.84 bits per heavy atom. The topological polar surface area (TPSA) is 46.3 Å². The van der Waals surface area contributed by atoms with Gasteiger partial charge in [-0.25, -0.2) is 13.2 Å². The molecule has 1 unspecified atom stereocenters. The van der Waals surface area contributed by atoms with Gasteiger partial charge in [-0.1, -0.05) is 6.92 Å². The van der Waals surface area contributed by atoms with E-state index in [1.165, 1.54) is 4.90 Å². The highest BCUT2D eigenvalue weighted by Crippen LogP contribution is 2.15. The van der Waals surface area contributed by atoms with E-state index in [0.29, 0.717) is 31.8 Å². The van der Waals surface area contributed by atoms with E-state index in [1.807, 2.05) is 6.92 Å². The van der Waals surface area contributed by atoms with Gasteiger partial charge in [0.15, 0.2) is 17.5 Å². The van der Waals surface area contributed by atoms with Crippen LogP contribution in [-0.2, 0) is 0 Å². The molecule has 1 aromatic carbocycles. The maximum atomic E-state index is 13.1. The summed E-state index contributed by atoms with van der Waals surface area (Å²) in [6.07, 6.45) is 0. The van der Waals surface area contributed by atoms with Gasteiger partial charge in [-0.3, -0.25) is 4.79 Å². The molecular formula is C13H17F3N2O. The molecule has 6 heteroatoms. The van der Waals surface area contributed by atoms with Crippen LogP contribution in [0.2, 0.25) is 0 Å². The SMILES string of the molecule is CCN(CC(C)CN)C(=O)c1cc(F)c(F)c(F)c1. The van der Waals surface area contributed by atoms with Crippen LogP contribution in [0.25, 0.3) is 0 Å². The predicted molar refractivity (Wildman–Crippen MR) is 66.1 cm³/mol. The first-order valence-corrected chi connectivity index (χ1v) is 6.04. The molecule has 0 aliphatic rings. The molecule has 3 nitrogen and oxygen atoms in total. The number of nitrogens with zero attached hydrogens (tertiary/aromatic N) is 1. The highest BCUT2D eigenvalue weighted by atomic mass is 19.2. The van der Waals surface area contributed by atoms with Crippen molar-refractivity contribution in [3.63, 3.8) is 0 Å². The molecule has 1 atom stereocenters. The van der Waals surface area contributed by atoms with Crippen LogP contribution in [0.5, 0.6) is 0 Å². The average Bonchev–Trinajstić information content (AvgIpc) is 2.40. The minimum Gasteiger partial charge on any atom is -0.339 e. The Kier molecular flexibility index (Phi) is 5.35. The van der Waals surface area contributed by atoms with Crippen LogP contribution in [0.15, 0.2) is 12.1 Å². The van der Waals surface area contributed by atoms with Crippen molar-refractivity contribution in [3.05, 3.63) is 35.1 Å². The average molecular weight is 274 g/mol. The van der Waals surface area contributed by atoms with Crippen molar-refractivity contribution in [2.45, 2.75) is 13.8 Å². The van der Waals surface area contributed by atoms with Crippen LogP contribution < -0.4 is 5.73 Å². The van der Waals surface area contributed by atoms with Gasteiger partial charge in [0.05, 0.1) is 0 Å². The Morgan fingerprint density at radius 1 is 1.32 bits per heavy atom. The number of carbonyl (C=O) groups excluding carboxylic acids is 1. The van der Waals surface area contributed by atoms with Gasteiger partial charge in [-0.2, -0.15) is 0 Å². The van der Waals surface area contributed by atoms with Crippen LogP contribution in [0, 0.1) is 23.4 Å². The summed E-state index contributed by atoms with van der Waals surface area (Å²) < 4.78 is 39.0. The van der Waals surface area contributed by atoms with Gasteiger partial charge in [0.2, 0.25) is 0 Å². The summed E-state index contributed by atoms with van der Waals surface area (Å²) in [6.45, 7) is 4.77. The van der Waals surface area contributed by atoms with Crippen molar-refractivity contribution in [1.82, 2.24) is 4.90 Å². The molecule has 106 valence electrons. The molecule has 0 fully saturated rings. The Balaban J connectivity index is 2.98. The van der Waals surface area contributed by atoms with Crippen molar-refractivity contribution in [2.24, 2.45) is 11.7 Å². The van der Waals surface area contributed by atoms with E-state index >= 15 is 0 Å². The second-order valence-corrected chi connectivity index (χ2v) is 4.44. The van der Waals surface area contributed by atoms with Gasteiger partial charge >= 0.3 is 0 Å². The molecule has 0 aliphatic carbocycles. The van der Waals surface area contributed by atoms with Gasteiger partial charge in [0.25, 0.3) is 5.91 Å². The molecular weight excluding hydrogens is 257 g/mol. The van der Waals surface area contributed by atoms with Crippen LogP contribution in [-0.4, -0.2) is 30.4 Å². The smallest absolute Gasteiger partial charge is 0.254 e. The minimum atomic E-state index is -1.57. The van der Waals surface area contributed by atoms with Crippen molar-refractivity contribution >= 4 is 5.91 Å². The zero-order valence-corrected chi connectivity index (χ0v) is 10.9. The van der Waals surface area contributed by atoms with Crippen LogP contribution in [0.3, 0.4) is 0 Å². The van der Waals surface area contributed by atoms with Crippen molar-refractivity contribution < 1.29 is 18.0 Å². The third-order valence-electron chi connectivity index (χ3n) is 2.83. The maximum Gasteiger partial charge on any atom is 0.254 e. The van der Waals surface area contributed by atoms with Gasteiger partial charge < -0.3 is 10.6 Å². The lowest BCUT2D eigenvalue weighted by Crippen LogP contribution is -2.36. The second-order valence-electron chi connectivity index (χ2n) is 4.44. The normalized spacial score (nSPS) is 12.3. The summed E-state index contributed by atoms with van der Waals surface area (Å²) in [4.78, 5) is 13.5. The van der Waals surface area contributed by atoms with Crippen LogP contribution in [0.1, 0.15) is 24.2 Å². The summed E-state index contributed by atoms with van der Waals surface area (Å²) in [5.74, 6) is -4.79. The van der Waals surface area contributed by atoms with E-state index in [2.05, 4.69) is 0 Å². The van der Waals surface area contributed by atoms with E-state index in [-0.39, 0.29) is 11.5 Å². The third kappa shape index (κ3) is 3.70. The fraction of sp³-hybridized carbons (Fsp3) is 0.462. The number of amides is 1. The lowest BCUT2D eigenvalue weighted by Gasteiger charge is -2.24. The van der Waals surface area contributed by atoms with Crippen molar-refractivity contribution in [3.8, 4) is 0 Å². The summed E-state index contributed by atoms with van der Waals surface area (Å²) in [5, 5.41) is 0. The fourth-order valence-corrected chi connectivity index (χ4v) is 1.67. The Morgan fingerprint density at radius 3 is 2.26 bits per heavy atom. The van der Waals surface area contributed by atoms with E-state index in [4.69, 9.17) is 5.73 Å². The summed E-state index contributed by atoms with van der Waals surface area (Å²) >= 11 is 0. The zero-order chi connectivity index (χ0) is 14.6. The summed E-state index contributed by atoms with van der Waals surface area (Å²) in [6, 6.07) is 1.41. The highest BCUT2D eigenvalue weighted by Gasteiger charge is 2.20. The molecule has 0 aromatic heterocycles. The molecule has 0 saturated heterocycles. The first kappa shape index (κ1) is 15.5. The lowest BCUT2D eigenvalue weighted by molar-refractivity contribution is 0.0742. The molecule has 19 heavy (non-hydrogen) atoms. The zero-order valence-electron chi connectivity index (χ0n) is 10.9. The molecule has 1 rings (SSSR count). The van der Waals surface area contributed by atoms with Gasteiger partial charge in [-0.05, 0) is 31.5 Å².